The predicted molar refractivity (Wildman–Crippen MR) is 87.9 cm³/mol. The maximum Gasteiger partial charge on any atom is 0.252 e. The SMILES string of the molecule is C[C@H](OC1CCCCCC1)C(=O)N1CC(=O)N[C@H]2CCCC[C@@H]21. The molecule has 0 unspecified atom stereocenters. The number of nitrogens with zero attached hydrogens (tertiary/aromatic N) is 1. The zero-order chi connectivity index (χ0) is 16.2. The minimum Gasteiger partial charge on any atom is -0.365 e. The highest BCUT2D eigenvalue weighted by Gasteiger charge is 2.40. The number of amides is 2. The van der Waals surface area contributed by atoms with Crippen LogP contribution in [0, 0.1) is 0 Å². The van der Waals surface area contributed by atoms with E-state index in [2.05, 4.69) is 5.32 Å². The molecule has 3 rings (SSSR count). The summed E-state index contributed by atoms with van der Waals surface area (Å²) in [6.45, 7) is 2.05. The lowest BCUT2D eigenvalue weighted by molar-refractivity contribution is -0.156. The van der Waals surface area contributed by atoms with Crippen molar-refractivity contribution in [3.63, 3.8) is 0 Å². The van der Waals surface area contributed by atoms with Crippen LogP contribution in [0.2, 0.25) is 0 Å². The molecule has 23 heavy (non-hydrogen) atoms. The molecule has 1 saturated heterocycles. The number of hydrogen-bond donors (Lipinski definition) is 1. The Kier molecular flexibility index (Phi) is 5.57. The van der Waals surface area contributed by atoms with Crippen molar-refractivity contribution in [2.24, 2.45) is 0 Å². The van der Waals surface area contributed by atoms with Gasteiger partial charge in [0.1, 0.15) is 6.10 Å². The summed E-state index contributed by atoms with van der Waals surface area (Å²) >= 11 is 0. The number of rotatable bonds is 3. The molecule has 5 nitrogen and oxygen atoms in total. The van der Waals surface area contributed by atoms with E-state index in [-0.39, 0.29) is 36.5 Å². The summed E-state index contributed by atoms with van der Waals surface area (Å²) in [5.41, 5.74) is 0. The topological polar surface area (TPSA) is 58.6 Å². The Hall–Kier alpha value is -1.10. The predicted octanol–water partition coefficient (Wildman–Crippen LogP) is 2.38. The minimum absolute atomic E-state index is 0.000923. The van der Waals surface area contributed by atoms with Crippen molar-refractivity contribution < 1.29 is 14.3 Å². The molecule has 130 valence electrons. The second-order valence-electron chi connectivity index (χ2n) is 7.38. The van der Waals surface area contributed by atoms with Crippen LogP contribution in [0.1, 0.15) is 71.1 Å². The summed E-state index contributed by atoms with van der Waals surface area (Å²) in [5, 5.41) is 3.06. The molecule has 1 N–H and O–H groups in total. The Morgan fingerprint density at radius 2 is 1.74 bits per heavy atom. The molecule has 0 spiro atoms. The average Bonchev–Trinajstić information content (AvgIpc) is 2.82. The van der Waals surface area contributed by atoms with E-state index in [1.807, 2.05) is 6.92 Å². The van der Waals surface area contributed by atoms with Crippen LogP contribution >= 0.6 is 0 Å². The zero-order valence-corrected chi connectivity index (χ0v) is 14.3. The van der Waals surface area contributed by atoms with Gasteiger partial charge in [0, 0.05) is 6.04 Å². The van der Waals surface area contributed by atoms with Crippen LogP contribution in [0.3, 0.4) is 0 Å². The summed E-state index contributed by atoms with van der Waals surface area (Å²) in [5.74, 6) is -0.0239. The smallest absolute Gasteiger partial charge is 0.252 e. The van der Waals surface area contributed by atoms with Gasteiger partial charge in [-0.3, -0.25) is 9.59 Å². The molecule has 1 aliphatic heterocycles. The quantitative estimate of drug-likeness (QED) is 0.812. The lowest BCUT2D eigenvalue weighted by Crippen LogP contribution is -2.64. The Labute approximate surface area is 139 Å². The molecule has 3 fully saturated rings. The van der Waals surface area contributed by atoms with Gasteiger partial charge < -0.3 is 15.0 Å². The van der Waals surface area contributed by atoms with Gasteiger partial charge in [0.15, 0.2) is 0 Å². The fourth-order valence-electron chi connectivity index (χ4n) is 4.38. The van der Waals surface area contributed by atoms with Crippen LogP contribution in [0.4, 0.5) is 0 Å². The molecule has 3 aliphatic rings. The van der Waals surface area contributed by atoms with E-state index < -0.39 is 6.10 Å². The van der Waals surface area contributed by atoms with E-state index in [1.165, 1.54) is 25.7 Å². The monoisotopic (exact) mass is 322 g/mol. The molecule has 0 aromatic carbocycles. The molecule has 1 heterocycles. The highest BCUT2D eigenvalue weighted by molar-refractivity contribution is 5.88. The van der Waals surface area contributed by atoms with Crippen LogP contribution in [0.15, 0.2) is 0 Å². The van der Waals surface area contributed by atoms with Crippen molar-refractivity contribution in [3.8, 4) is 0 Å². The molecule has 5 heteroatoms. The van der Waals surface area contributed by atoms with E-state index in [4.69, 9.17) is 4.74 Å². The molecule has 0 aromatic rings. The molecular formula is C18H30N2O3. The zero-order valence-electron chi connectivity index (χ0n) is 14.3. The Morgan fingerprint density at radius 1 is 1.09 bits per heavy atom. The van der Waals surface area contributed by atoms with Crippen molar-refractivity contribution in [1.82, 2.24) is 10.2 Å². The van der Waals surface area contributed by atoms with Gasteiger partial charge in [-0.2, -0.15) is 0 Å². The normalized spacial score (nSPS) is 31.0. The molecule has 2 amide bonds. The summed E-state index contributed by atoms with van der Waals surface area (Å²) in [6.07, 6.45) is 11.1. The summed E-state index contributed by atoms with van der Waals surface area (Å²) < 4.78 is 6.08. The molecule has 2 saturated carbocycles. The van der Waals surface area contributed by atoms with Gasteiger partial charge >= 0.3 is 0 Å². The molecule has 0 bridgehead atoms. The third-order valence-electron chi connectivity index (χ3n) is 5.62. The van der Waals surface area contributed by atoms with Crippen LogP contribution in [-0.4, -0.2) is 47.6 Å². The second kappa shape index (κ2) is 7.65. The van der Waals surface area contributed by atoms with Gasteiger partial charge in [-0.05, 0) is 32.6 Å². The Balaban J connectivity index is 1.61. The fourth-order valence-corrected chi connectivity index (χ4v) is 4.38. The first kappa shape index (κ1) is 16.7. The molecule has 2 aliphatic carbocycles. The largest absolute Gasteiger partial charge is 0.365 e. The van der Waals surface area contributed by atoms with Gasteiger partial charge in [-0.1, -0.05) is 38.5 Å². The number of carbonyl (C=O) groups is 2. The van der Waals surface area contributed by atoms with Gasteiger partial charge in [-0.25, -0.2) is 0 Å². The minimum atomic E-state index is -0.438. The van der Waals surface area contributed by atoms with Crippen molar-refractivity contribution in [1.29, 1.82) is 0 Å². The van der Waals surface area contributed by atoms with Crippen LogP contribution < -0.4 is 5.32 Å². The van der Waals surface area contributed by atoms with Gasteiger partial charge in [0.2, 0.25) is 5.91 Å². The lowest BCUT2D eigenvalue weighted by Gasteiger charge is -2.44. The number of fused-ring (bicyclic) bond motifs is 1. The molecular weight excluding hydrogens is 292 g/mol. The van der Waals surface area contributed by atoms with E-state index in [1.54, 1.807) is 4.90 Å². The molecule has 3 atom stereocenters. The lowest BCUT2D eigenvalue weighted by atomic mass is 9.87. The van der Waals surface area contributed by atoms with Crippen LogP contribution in [0.5, 0.6) is 0 Å². The summed E-state index contributed by atoms with van der Waals surface area (Å²) in [6, 6.07) is 0.299. The Morgan fingerprint density at radius 3 is 2.48 bits per heavy atom. The fraction of sp³-hybridized carbons (Fsp3) is 0.889. The number of ether oxygens (including phenoxy) is 1. The summed E-state index contributed by atoms with van der Waals surface area (Å²) in [7, 11) is 0. The second-order valence-corrected chi connectivity index (χ2v) is 7.38. The van der Waals surface area contributed by atoms with Gasteiger partial charge in [-0.15, -0.1) is 0 Å². The maximum absolute atomic E-state index is 12.9. The van der Waals surface area contributed by atoms with E-state index in [0.717, 1.165) is 38.5 Å². The van der Waals surface area contributed by atoms with Crippen LogP contribution in [0.25, 0.3) is 0 Å². The first-order chi connectivity index (χ1) is 11.1. The number of hydrogen-bond acceptors (Lipinski definition) is 3. The Bertz CT molecular complexity index is 432. The highest BCUT2D eigenvalue weighted by atomic mass is 16.5. The van der Waals surface area contributed by atoms with E-state index >= 15 is 0 Å². The van der Waals surface area contributed by atoms with Crippen molar-refractivity contribution >= 4 is 11.8 Å². The van der Waals surface area contributed by atoms with Crippen molar-refractivity contribution in [3.05, 3.63) is 0 Å². The standard InChI is InChI=1S/C18H30N2O3/c1-13(23-14-8-4-2-3-5-9-14)18(22)20-12-17(21)19-15-10-6-7-11-16(15)20/h13-16H,2-12H2,1H3,(H,19,21)/t13-,15-,16-/m0/s1. The van der Waals surface area contributed by atoms with Gasteiger partial charge in [0.25, 0.3) is 5.91 Å². The number of piperazine rings is 1. The van der Waals surface area contributed by atoms with E-state index in [0.29, 0.717) is 0 Å². The van der Waals surface area contributed by atoms with Crippen LogP contribution in [-0.2, 0) is 14.3 Å². The number of carbonyl (C=O) groups excluding carboxylic acids is 2. The van der Waals surface area contributed by atoms with Crippen molar-refractivity contribution in [2.45, 2.75) is 95.4 Å². The first-order valence-electron chi connectivity index (χ1n) is 9.40. The summed E-state index contributed by atoms with van der Waals surface area (Å²) in [4.78, 5) is 26.6. The molecule has 0 radical (unpaired) electrons. The highest BCUT2D eigenvalue weighted by Crippen LogP contribution is 2.27. The van der Waals surface area contributed by atoms with E-state index in [9.17, 15) is 9.59 Å². The average molecular weight is 322 g/mol. The van der Waals surface area contributed by atoms with Crippen molar-refractivity contribution in [2.75, 3.05) is 6.54 Å². The molecule has 0 aromatic heterocycles. The first-order valence-corrected chi connectivity index (χ1v) is 9.40. The number of nitrogens with one attached hydrogen (secondary N) is 1. The third kappa shape index (κ3) is 4.06. The third-order valence-corrected chi connectivity index (χ3v) is 5.62. The maximum atomic E-state index is 12.9. The van der Waals surface area contributed by atoms with Gasteiger partial charge in [0.05, 0.1) is 18.7 Å².